The third kappa shape index (κ3) is 5.35. The third-order valence-corrected chi connectivity index (χ3v) is 4.48. The molecule has 0 heterocycles. The zero-order valence-electron chi connectivity index (χ0n) is 13.5. The fraction of sp³-hybridized carbons (Fsp3) is 0.467. The van der Waals surface area contributed by atoms with Crippen LogP contribution in [0, 0.1) is 6.92 Å². The molecule has 0 aliphatic carbocycles. The lowest BCUT2D eigenvalue weighted by Crippen LogP contribution is -2.55. The van der Waals surface area contributed by atoms with Crippen molar-refractivity contribution in [3.8, 4) is 0 Å². The molecular formula is C15H22N3O3S2-. The van der Waals surface area contributed by atoms with Crippen LogP contribution >= 0.6 is 12.2 Å². The predicted molar refractivity (Wildman–Crippen MR) is 94.5 cm³/mol. The number of hydrogen-bond acceptors (Lipinski definition) is 4. The van der Waals surface area contributed by atoms with Gasteiger partial charge >= 0.3 is 0 Å². The number of hydrogen-bond donors (Lipinski definition) is 3. The maximum Gasteiger partial charge on any atom is 0.222 e. The van der Waals surface area contributed by atoms with E-state index in [0.29, 0.717) is 12.1 Å². The molecule has 0 aliphatic heterocycles. The van der Waals surface area contributed by atoms with Gasteiger partial charge in [-0.25, -0.2) is 4.72 Å². The number of carbonyl (C=O) groups excluding carboxylic acids is 1. The van der Waals surface area contributed by atoms with Crippen LogP contribution in [0.2, 0.25) is 0 Å². The van der Waals surface area contributed by atoms with E-state index in [2.05, 4.69) is 15.4 Å². The Labute approximate surface area is 144 Å². The van der Waals surface area contributed by atoms with Gasteiger partial charge in [-0.2, -0.15) is 0 Å². The summed E-state index contributed by atoms with van der Waals surface area (Å²) in [5, 5.41) is 5.56. The van der Waals surface area contributed by atoms with Crippen molar-refractivity contribution in [2.75, 3.05) is 13.6 Å². The van der Waals surface area contributed by atoms with E-state index in [0.717, 1.165) is 12.0 Å². The van der Waals surface area contributed by atoms with E-state index in [1.165, 1.54) is 0 Å². The van der Waals surface area contributed by atoms with Crippen molar-refractivity contribution in [1.29, 1.82) is 0 Å². The lowest BCUT2D eigenvalue weighted by molar-refractivity contribution is -0.121. The summed E-state index contributed by atoms with van der Waals surface area (Å²) in [5.41, 5.74) is 0.317. The number of carbonyl (C=O) groups is 1. The van der Waals surface area contributed by atoms with Crippen molar-refractivity contribution in [1.82, 2.24) is 15.4 Å². The number of amides is 1. The summed E-state index contributed by atoms with van der Waals surface area (Å²) in [6.07, 6.45) is 0.671. The Morgan fingerprint density at radius 3 is 2.43 bits per heavy atom. The van der Waals surface area contributed by atoms with Crippen LogP contribution in [0.3, 0.4) is 0 Å². The zero-order chi connectivity index (χ0) is 17.5. The number of likely N-dealkylation sites (N-methyl/N-ethyl adjacent to an activating group) is 1. The van der Waals surface area contributed by atoms with Crippen LogP contribution in [0.5, 0.6) is 0 Å². The highest BCUT2D eigenvalue weighted by Gasteiger charge is 2.39. The molecule has 2 atom stereocenters. The second kappa shape index (κ2) is 9.07. The van der Waals surface area contributed by atoms with Crippen molar-refractivity contribution in [2.24, 2.45) is 0 Å². The number of thiocarbonyl (C=S) groups is 1. The molecule has 0 aliphatic rings. The molecule has 0 fully saturated rings. The van der Waals surface area contributed by atoms with Gasteiger partial charge in [-0.15, -0.1) is 0 Å². The summed E-state index contributed by atoms with van der Waals surface area (Å²) >= 11 is 2.73. The summed E-state index contributed by atoms with van der Waals surface area (Å²) in [4.78, 5) is 12.5. The van der Waals surface area contributed by atoms with Crippen molar-refractivity contribution >= 4 is 34.4 Å². The Bertz CT molecular complexity index is 578. The first-order valence-electron chi connectivity index (χ1n) is 7.28. The molecule has 0 saturated carbocycles. The molecule has 8 heteroatoms. The van der Waals surface area contributed by atoms with E-state index in [9.17, 15) is 13.6 Å². The molecule has 3 N–H and O–H groups in total. The summed E-state index contributed by atoms with van der Waals surface area (Å²) in [6.45, 7) is 4.39. The van der Waals surface area contributed by atoms with Crippen LogP contribution in [0.1, 0.15) is 30.9 Å². The van der Waals surface area contributed by atoms with E-state index in [1.54, 1.807) is 19.2 Å². The standard InChI is InChI=1S/C15H23N3O3S2/c1-4-9-17-13(19)10-15(14(22)16-3,18-23(20)21)12-7-5-11(2)6-8-12/h5-8,18H,4,9-10H2,1-3H3,(H,16,22)(H,17,19)(H,20,21)/p-1. The van der Waals surface area contributed by atoms with Crippen LogP contribution in [-0.4, -0.2) is 33.2 Å². The molecule has 0 aromatic heterocycles. The van der Waals surface area contributed by atoms with Gasteiger partial charge in [0.2, 0.25) is 5.91 Å². The minimum absolute atomic E-state index is 0.121. The van der Waals surface area contributed by atoms with Gasteiger partial charge in [-0.3, -0.25) is 9.00 Å². The first-order chi connectivity index (χ1) is 10.9. The molecule has 1 aromatic carbocycles. The van der Waals surface area contributed by atoms with Gasteiger partial charge in [-0.05, 0) is 18.9 Å². The minimum Gasteiger partial charge on any atom is -0.760 e. The maximum atomic E-state index is 12.2. The first-order valence-corrected chi connectivity index (χ1v) is 8.77. The molecular weight excluding hydrogens is 334 g/mol. The van der Waals surface area contributed by atoms with Crippen molar-refractivity contribution in [2.45, 2.75) is 32.2 Å². The molecule has 1 rings (SSSR count). The van der Waals surface area contributed by atoms with Gasteiger partial charge in [0.1, 0.15) is 10.5 Å². The number of benzene rings is 1. The van der Waals surface area contributed by atoms with Crippen LogP contribution in [0.15, 0.2) is 24.3 Å². The van der Waals surface area contributed by atoms with Crippen LogP contribution in [0.25, 0.3) is 0 Å². The molecule has 6 nitrogen and oxygen atoms in total. The second-order valence-corrected chi connectivity index (χ2v) is 6.30. The highest BCUT2D eigenvalue weighted by molar-refractivity contribution is 7.80. The zero-order valence-corrected chi connectivity index (χ0v) is 15.1. The molecule has 0 saturated heterocycles. The predicted octanol–water partition coefficient (Wildman–Crippen LogP) is 1.04. The summed E-state index contributed by atoms with van der Waals surface area (Å²) in [7, 11) is 1.60. The minimum atomic E-state index is -2.59. The number of nitrogens with one attached hydrogen (secondary N) is 3. The van der Waals surface area contributed by atoms with E-state index in [1.807, 2.05) is 26.0 Å². The van der Waals surface area contributed by atoms with E-state index < -0.39 is 16.8 Å². The van der Waals surface area contributed by atoms with Gasteiger partial charge < -0.3 is 15.2 Å². The molecule has 2 unspecified atom stereocenters. The largest absolute Gasteiger partial charge is 0.760 e. The van der Waals surface area contributed by atoms with E-state index in [4.69, 9.17) is 12.2 Å². The van der Waals surface area contributed by atoms with Gasteiger partial charge in [-0.1, -0.05) is 49.0 Å². The molecule has 23 heavy (non-hydrogen) atoms. The fourth-order valence-corrected chi connectivity index (χ4v) is 3.10. The Balaban J connectivity index is 3.29. The smallest absolute Gasteiger partial charge is 0.222 e. The van der Waals surface area contributed by atoms with Gasteiger partial charge in [0.15, 0.2) is 0 Å². The summed E-state index contributed by atoms with van der Waals surface area (Å²) in [6, 6.07) is 7.24. The summed E-state index contributed by atoms with van der Waals surface area (Å²) in [5.74, 6) is -0.275. The average molecular weight is 356 g/mol. The number of rotatable bonds is 8. The SMILES string of the molecule is CCCNC(=O)CC(NS(=O)[O-])(C(=S)NC)c1ccc(C)cc1. The Hall–Kier alpha value is -1.35. The summed E-state index contributed by atoms with van der Waals surface area (Å²) < 4.78 is 25.1. The van der Waals surface area contributed by atoms with Crippen LogP contribution in [0.4, 0.5) is 0 Å². The normalized spacial score (nSPS) is 14.6. The van der Waals surface area contributed by atoms with Gasteiger partial charge in [0.25, 0.3) is 0 Å². The van der Waals surface area contributed by atoms with Crippen molar-refractivity contribution < 1.29 is 13.6 Å². The molecule has 0 spiro atoms. The lowest BCUT2D eigenvalue weighted by Gasteiger charge is -2.36. The Morgan fingerprint density at radius 1 is 1.35 bits per heavy atom. The average Bonchev–Trinajstić information content (AvgIpc) is 2.51. The van der Waals surface area contributed by atoms with Gasteiger partial charge in [0.05, 0.1) is 6.42 Å². The third-order valence-electron chi connectivity index (χ3n) is 3.41. The first kappa shape index (κ1) is 19.7. The quantitative estimate of drug-likeness (QED) is 0.478. The highest BCUT2D eigenvalue weighted by atomic mass is 32.2. The van der Waals surface area contributed by atoms with E-state index in [-0.39, 0.29) is 17.3 Å². The van der Waals surface area contributed by atoms with Gasteiger partial charge in [0, 0.05) is 24.9 Å². The molecule has 0 radical (unpaired) electrons. The molecule has 1 aromatic rings. The van der Waals surface area contributed by atoms with E-state index >= 15 is 0 Å². The topological polar surface area (TPSA) is 93.3 Å². The highest BCUT2D eigenvalue weighted by Crippen LogP contribution is 2.27. The molecule has 1 amide bonds. The molecule has 0 bridgehead atoms. The second-order valence-electron chi connectivity index (χ2n) is 5.21. The Morgan fingerprint density at radius 2 is 1.96 bits per heavy atom. The van der Waals surface area contributed by atoms with Crippen LogP contribution in [-0.2, 0) is 21.6 Å². The van der Waals surface area contributed by atoms with Crippen molar-refractivity contribution in [3.63, 3.8) is 0 Å². The lowest BCUT2D eigenvalue weighted by atomic mass is 9.86. The van der Waals surface area contributed by atoms with Crippen LogP contribution < -0.4 is 15.4 Å². The number of aryl methyl sites for hydroxylation is 1. The Kier molecular flexibility index (Phi) is 7.77. The maximum absolute atomic E-state index is 12.2. The van der Waals surface area contributed by atoms with Crippen molar-refractivity contribution in [3.05, 3.63) is 35.4 Å². The molecule has 128 valence electrons. The monoisotopic (exact) mass is 356 g/mol. The fourth-order valence-electron chi connectivity index (χ4n) is 2.22.